The van der Waals surface area contributed by atoms with E-state index in [1.807, 2.05) is 33.0 Å². The fourth-order valence-corrected chi connectivity index (χ4v) is 3.40. The van der Waals surface area contributed by atoms with Crippen LogP contribution in [0.4, 0.5) is 11.4 Å². The summed E-state index contributed by atoms with van der Waals surface area (Å²) in [5, 5.41) is 2.93. The lowest BCUT2D eigenvalue weighted by molar-refractivity contribution is -0.862. The summed E-state index contributed by atoms with van der Waals surface area (Å²) in [7, 11) is 1.88. The zero-order chi connectivity index (χ0) is 18.9. The van der Waals surface area contributed by atoms with Crippen molar-refractivity contribution < 1.29 is 14.5 Å². The molecule has 1 aliphatic rings. The minimum absolute atomic E-state index is 0.0689. The van der Waals surface area contributed by atoms with Crippen LogP contribution >= 0.6 is 0 Å². The third-order valence-electron chi connectivity index (χ3n) is 4.90. The molecule has 1 aromatic carbocycles. The van der Waals surface area contributed by atoms with Crippen LogP contribution in [0.15, 0.2) is 24.3 Å². The summed E-state index contributed by atoms with van der Waals surface area (Å²) in [4.78, 5) is 29.4. The molecular weight excluding hydrogens is 328 g/mol. The Morgan fingerprint density at radius 2 is 1.65 bits per heavy atom. The van der Waals surface area contributed by atoms with Crippen molar-refractivity contribution in [3.8, 4) is 0 Å². The van der Waals surface area contributed by atoms with Crippen molar-refractivity contribution in [3.63, 3.8) is 0 Å². The van der Waals surface area contributed by atoms with Gasteiger partial charge in [-0.15, -0.1) is 0 Å². The molecule has 1 saturated heterocycles. The Labute approximate surface area is 157 Å². The zero-order valence-corrected chi connectivity index (χ0v) is 16.4. The molecular formula is C20H33N4O2+. The van der Waals surface area contributed by atoms with Gasteiger partial charge in [-0.2, -0.15) is 0 Å². The minimum atomic E-state index is -0.0689. The highest BCUT2D eigenvalue weighted by atomic mass is 16.2. The minimum Gasteiger partial charge on any atom is -0.372 e. The van der Waals surface area contributed by atoms with E-state index in [0.29, 0.717) is 19.6 Å². The fraction of sp³-hybridized carbons (Fsp3) is 0.600. The molecule has 144 valence electrons. The Kier molecular flexibility index (Phi) is 7.91. The Morgan fingerprint density at radius 1 is 1.04 bits per heavy atom. The number of carbonyl (C=O) groups is 2. The summed E-state index contributed by atoms with van der Waals surface area (Å²) >= 11 is 0. The van der Waals surface area contributed by atoms with Crippen molar-refractivity contribution in [2.45, 2.75) is 33.1 Å². The molecule has 1 aromatic rings. The van der Waals surface area contributed by atoms with E-state index in [2.05, 4.69) is 22.3 Å². The maximum atomic E-state index is 12.2. The highest BCUT2D eigenvalue weighted by Gasteiger charge is 2.18. The summed E-state index contributed by atoms with van der Waals surface area (Å²) < 4.78 is 0. The van der Waals surface area contributed by atoms with Gasteiger partial charge in [0.25, 0.3) is 11.8 Å². The number of nitrogens with one attached hydrogen (secondary N) is 2. The maximum Gasteiger partial charge on any atom is 0.279 e. The molecule has 1 atom stereocenters. The van der Waals surface area contributed by atoms with E-state index in [1.165, 1.54) is 24.9 Å². The number of rotatable bonds is 8. The Balaban J connectivity index is 1.80. The smallest absolute Gasteiger partial charge is 0.279 e. The van der Waals surface area contributed by atoms with Gasteiger partial charge in [-0.1, -0.05) is 0 Å². The van der Waals surface area contributed by atoms with Crippen LogP contribution in [0.5, 0.6) is 0 Å². The van der Waals surface area contributed by atoms with Gasteiger partial charge in [0.05, 0.1) is 7.05 Å². The first-order valence-corrected chi connectivity index (χ1v) is 9.77. The van der Waals surface area contributed by atoms with Gasteiger partial charge < -0.3 is 20.0 Å². The second-order valence-corrected chi connectivity index (χ2v) is 7.02. The van der Waals surface area contributed by atoms with Crippen LogP contribution in [0.25, 0.3) is 0 Å². The third-order valence-corrected chi connectivity index (χ3v) is 4.90. The monoisotopic (exact) mass is 361 g/mol. The summed E-state index contributed by atoms with van der Waals surface area (Å²) in [6.45, 7) is 8.19. The molecule has 0 bridgehead atoms. The van der Waals surface area contributed by atoms with Crippen LogP contribution in [-0.2, 0) is 9.59 Å². The molecule has 1 fully saturated rings. The van der Waals surface area contributed by atoms with Crippen molar-refractivity contribution in [1.82, 2.24) is 4.90 Å². The van der Waals surface area contributed by atoms with Crippen LogP contribution < -0.4 is 15.1 Å². The number of benzene rings is 1. The normalized spacial score (nSPS) is 15.4. The molecule has 6 nitrogen and oxygen atoms in total. The highest BCUT2D eigenvalue weighted by Crippen LogP contribution is 2.21. The third kappa shape index (κ3) is 6.02. The van der Waals surface area contributed by atoms with E-state index in [9.17, 15) is 9.59 Å². The number of hydrogen-bond acceptors (Lipinski definition) is 3. The summed E-state index contributed by atoms with van der Waals surface area (Å²) in [6.07, 6.45) is 3.82. The number of likely N-dealkylation sites (N-methyl/N-ethyl adjacent to an activating group) is 2. The van der Waals surface area contributed by atoms with Crippen LogP contribution in [0.2, 0.25) is 0 Å². The van der Waals surface area contributed by atoms with Crippen molar-refractivity contribution in [2.24, 2.45) is 0 Å². The number of quaternary nitrogens is 1. The molecule has 2 N–H and O–H groups in total. The topological polar surface area (TPSA) is 57.1 Å². The quantitative estimate of drug-likeness (QED) is 0.726. The summed E-state index contributed by atoms with van der Waals surface area (Å²) in [5.74, 6) is 0.0201. The van der Waals surface area contributed by atoms with E-state index in [1.54, 1.807) is 4.90 Å². The van der Waals surface area contributed by atoms with E-state index in [-0.39, 0.29) is 18.4 Å². The van der Waals surface area contributed by atoms with E-state index in [0.717, 1.165) is 23.7 Å². The molecule has 0 spiro atoms. The maximum absolute atomic E-state index is 12.2. The van der Waals surface area contributed by atoms with E-state index >= 15 is 0 Å². The Hall–Kier alpha value is -2.08. The van der Waals surface area contributed by atoms with E-state index < -0.39 is 0 Å². The molecule has 0 aliphatic carbocycles. The van der Waals surface area contributed by atoms with Gasteiger partial charge in [0.15, 0.2) is 13.1 Å². The second-order valence-electron chi connectivity index (χ2n) is 7.02. The first kappa shape index (κ1) is 20.2. The largest absolute Gasteiger partial charge is 0.372 e. The number of hydrogen-bond donors (Lipinski definition) is 2. The van der Waals surface area contributed by atoms with Crippen LogP contribution in [0.3, 0.4) is 0 Å². The summed E-state index contributed by atoms with van der Waals surface area (Å²) in [6, 6.07) is 8.05. The number of piperidine rings is 1. The lowest BCUT2D eigenvalue weighted by Crippen LogP contribution is -3.11. The molecule has 1 aliphatic heterocycles. The molecule has 2 rings (SSSR count). The Bertz CT molecular complexity index is 578. The van der Waals surface area contributed by atoms with Crippen molar-refractivity contribution >= 4 is 23.2 Å². The second kappa shape index (κ2) is 10.2. The predicted molar refractivity (Wildman–Crippen MR) is 106 cm³/mol. The van der Waals surface area contributed by atoms with Crippen LogP contribution in [0.1, 0.15) is 33.1 Å². The van der Waals surface area contributed by atoms with Gasteiger partial charge in [0.1, 0.15) is 0 Å². The van der Waals surface area contributed by atoms with Crippen molar-refractivity contribution in [2.75, 3.05) is 56.5 Å². The van der Waals surface area contributed by atoms with Gasteiger partial charge in [-0.05, 0) is 57.4 Å². The SMILES string of the molecule is CCN(CC)C(=O)C[NH+](C)CC(=O)Nc1ccc(N2CCCCC2)cc1. The van der Waals surface area contributed by atoms with Gasteiger partial charge in [0.2, 0.25) is 0 Å². The molecule has 1 heterocycles. The molecule has 2 amide bonds. The van der Waals surface area contributed by atoms with Gasteiger partial charge in [0, 0.05) is 37.6 Å². The predicted octanol–water partition coefficient (Wildman–Crippen LogP) is 0.999. The van der Waals surface area contributed by atoms with Crippen molar-refractivity contribution in [1.29, 1.82) is 0 Å². The molecule has 0 aromatic heterocycles. The lowest BCUT2D eigenvalue weighted by atomic mass is 10.1. The molecule has 1 unspecified atom stereocenters. The van der Waals surface area contributed by atoms with Gasteiger partial charge in [-0.3, -0.25) is 9.59 Å². The van der Waals surface area contributed by atoms with Gasteiger partial charge >= 0.3 is 0 Å². The number of amides is 2. The number of carbonyl (C=O) groups excluding carboxylic acids is 2. The fourth-order valence-electron chi connectivity index (χ4n) is 3.40. The molecule has 26 heavy (non-hydrogen) atoms. The van der Waals surface area contributed by atoms with Crippen LogP contribution in [0, 0.1) is 0 Å². The highest BCUT2D eigenvalue weighted by molar-refractivity contribution is 5.91. The average Bonchev–Trinajstić information content (AvgIpc) is 2.63. The number of nitrogens with zero attached hydrogens (tertiary/aromatic N) is 2. The zero-order valence-electron chi connectivity index (χ0n) is 16.4. The first-order chi connectivity index (χ1) is 12.5. The molecule has 6 heteroatoms. The van der Waals surface area contributed by atoms with Crippen molar-refractivity contribution in [3.05, 3.63) is 24.3 Å². The first-order valence-electron chi connectivity index (χ1n) is 9.77. The average molecular weight is 362 g/mol. The standard InChI is InChI=1S/C20H32N4O2/c1-4-23(5-2)20(26)16-22(3)15-19(25)21-17-9-11-18(12-10-17)24-13-7-6-8-14-24/h9-12H,4-8,13-16H2,1-3H3,(H,21,25)/p+1. The lowest BCUT2D eigenvalue weighted by Gasteiger charge is -2.28. The molecule has 0 saturated carbocycles. The number of anilines is 2. The van der Waals surface area contributed by atoms with Gasteiger partial charge in [-0.25, -0.2) is 0 Å². The summed E-state index contributed by atoms with van der Waals surface area (Å²) in [5.41, 5.74) is 2.02. The van der Waals surface area contributed by atoms with E-state index in [4.69, 9.17) is 0 Å². The van der Waals surface area contributed by atoms with Crippen LogP contribution in [-0.4, -0.2) is 63.0 Å². The Morgan fingerprint density at radius 3 is 2.23 bits per heavy atom. The molecule has 0 radical (unpaired) electrons.